The van der Waals surface area contributed by atoms with Gasteiger partial charge in [-0.2, -0.15) is 5.10 Å². The Labute approximate surface area is 184 Å². The number of rotatable bonds is 5. The molecule has 0 unspecified atom stereocenters. The van der Waals surface area contributed by atoms with Crippen LogP contribution in [0.2, 0.25) is 5.02 Å². The van der Waals surface area contributed by atoms with Crippen LogP contribution in [0, 0.1) is 13.8 Å². The molecule has 156 valence electrons. The number of amides is 1. The molecule has 7 nitrogen and oxygen atoms in total. The molecule has 0 fully saturated rings. The molecule has 3 heterocycles. The first-order chi connectivity index (χ1) is 14.9. The van der Waals surface area contributed by atoms with Gasteiger partial charge in [0.2, 0.25) is 0 Å². The van der Waals surface area contributed by atoms with Crippen LogP contribution in [0.3, 0.4) is 0 Å². The molecule has 4 rings (SSSR count). The Balaban J connectivity index is 1.48. The summed E-state index contributed by atoms with van der Waals surface area (Å²) >= 11 is 6.09. The fourth-order valence-electron chi connectivity index (χ4n) is 3.51. The van der Waals surface area contributed by atoms with E-state index in [0.717, 1.165) is 38.9 Å². The predicted molar refractivity (Wildman–Crippen MR) is 121 cm³/mol. The molecule has 1 amide bonds. The molecule has 0 radical (unpaired) electrons. The highest BCUT2D eigenvalue weighted by molar-refractivity contribution is 6.31. The number of nitrogens with zero attached hydrogens (tertiary/aromatic N) is 4. The summed E-state index contributed by atoms with van der Waals surface area (Å²) in [5.41, 5.74) is 11.5. The first-order valence-electron chi connectivity index (χ1n) is 9.75. The van der Waals surface area contributed by atoms with Crippen LogP contribution in [0.4, 0.5) is 5.82 Å². The maximum Gasteiger partial charge on any atom is 0.272 e. The Kier molecular flexibility index (Phi) is 5.77. The van der Waals surface area contributed by atoms with Gasteiger partial charge < -0.3 is 11.1 Å². The molecule has 0 bridgehead atoms. The number of nitrogens with two attached hydrogens (primary N) is 1. The third-order valence-corrected chi connectivity index (χ3v) is 5.29. The summed E-state index contributed by atoms with van der Waals surface area (Å²) in [6.45, 7) is 4.15. The van der Waals surface area contributed by atoms with Gasteiger partial charge in [-0.1, -0.05) is 11.6 Å². The largest absolute Gasteiger partial charge is 0.384 e. The van der Waals surface area contributed by atoms with Crippen molar-refractivity contribution in [3.8, 4) is 0 Å². The number of benzene rings is 1. The monoisotopic (exact) mass is 432 g/mol. The zero-order valence-corrected chi connectivity index (χ0v) is 17.9. The minimum absolute atomic E-state index is 0.257. The number of nitrogen functional groups attached to an aromatic ring is 1. The summed E-state index contributed by atoms with van der Waals surface area (Å²) in [7, 11) is 0. The van der Waals surface area contributed by atoms with Crippen molar-refractivity contribution in [2.45, 2.75) is 26.8 Å². The van der Waals surface area contributed by atoms with Crippen molar-refractivity contribution in [3.63, 3.8) is 0 Å². The Morgan fingerprint density at radius 1 is 1.10 bits per heavy atom. The van der Waals surface area contributed by atoms with Gasteiger partial charge in [-0.3, -0.25) is 9.78 Å². The summed E-state index contributed by atoms with van der Waals surface area (Å²) in [5.74, 6) is 0.169. The number of hydrogen-bond donors (Lipinski definition) is 2. The van der Waals surface area contributed by atoms with Crippen LogP contribution in [0.15, 0.2) is 48.8 Å². The number of aromatic nitrogens is 4. The second-order valence-corrected chi connectivity index (χ2v) is 7.85. The maximum absolute atomic E-state index is 12.6. The number of carbonyl (C=O) groups excluding carboxylic acids is 1. The molecule has 0 aliphatic carbocycles. The van der Waals surface area contributed by atoms with E-state index in [1.165, 1.54) is 0 Å². The number of nitrogens with one attached hydrogen (secondary N) is 1. The van der Waals surface area contributed by atoms with Crippen LogP contribution in [-0.4, -0.2) is 26.1 Å². The van der Waals surface area contributed by atoms with Crippen molar-refractivity contribution in [3.05, 3.63) is 87.5 Å². The lowest BCUT2D eigenvalue weighted by atomic mass is 10.1. The summed E-state index contributed by atoms with van der Waals surface area (Å²) in [4.78, 5) is 21.4. The van der Waals surface area contributed by atoms with Gasteiger partial charge in [-0.05, 0) is 72.5 Å². The molecule has 8 heteroatoms. The number of anilines is 1. The molecule has 31 heavy (non-hydrogen) atoms. The van der Waals surface area contributed by atoms with E-state index in [9.17, 15) is 4.79 Å². The lowest BCUT2D eigenvalue weighted by molar-refractivity contribution is 0.0944. The van der Waals surface area contributed by atoms with E-state index in [1.54, 1.807) is 18.3 Å². The van der Waals surface area contributed by atoms with Crippen molar-refractivity contribution >= 4 is 34.2 Å². The quantitative estimate of drug-likeness (QED) is 0.496. The van der Waals surface area contributed by atoms with Crippen molar-refractivity contribution in [2.24, 2.45) is 0 Å². The number of pyridine rings is 2. The van der Waals surface area contributed by atoms with Crippen molar-refractivity contribution < 1.29 is 4.79 Å². The lowest BCUT2D eigenvalue weighted by Gasteiger charge is -2.11. The van der Waals surface area contributed by atoms with Gasteiger partial charge in [0.15, 0.2) is 5.69 Å². The Morgan fingerprint density at radius 3 is 2.71 bits per heavy atom. The van der Waals surface area contributed by atoms with E-state index in [4.69, 9.17) is 17.3 Å². The zero-order chi connectivity index (χ0) is 22.0. The first kappa shape index (κ1) is 20.7. The van der Waals surface area contributed by atoms with Gasteiger partial charge >= 0.3 is 0 Å². The van der Waals surface area contributed by atoms with E-state index in [-0.39, 0.29) is 11.6 Å². The third-order valence-electron chi connectivity index (χ3n) is 5.05. The van der Waals surface area contributed by atoms with E-state index >= 15 is 0 Å². The smallest absolute Gasteiger partial charge is 0.272 e. The number of aryl methyl sites for hydroxylation is 2. The average molecular weight is 433 g/mol. The minimum Gasteiger partial charge on any atom is -0.384 e. The first-order valence-corrected chi connectivity index (χ1v) is 10.1. The molecule has 3 N–H and O–H groups in total. The molecular formula is C23H21ClN6O. The number of halogens is 1. The van der Waals surface area contributed by atoms with E-state index in [2.05, 4.69) is 25.5 Å². The molecule has 0 saturated carbocycles. The van der Waals surface area contributed by atoms with Crippen LogP contribution in [0.1, 0.15) is 38.4 Å². The molecule has 0 saturated heterocycles. The molecule has 0 aliphatic rings. The summed E-state index contributed by atoms with van der Waals surface area (Å²) in [5, 5.41) is 12.5. The fraction of sp³-hybridized carbons (Fsp3) is 0.174. The topological polar surface area (TPSA) is 107 Å². The molecule has 0 aliphatic heterocycles. The van der Waals surface area contributed by atoms with Crippen molar-refractivity contribution in [1.82, 2.24) is 25.5 Å². The average Bonchev–Trinajstić information content (AvgIpc) is 2.72. The summed E-state index contributed by atoms with van der Waals surface area (Å²) in [6, 6.07) is 11.2. The standard InChI is InChI=1S/C23H21ClN6O/c1-13-5-22(25)29-14(2)19(13)12-27-23(31)21-8-16(11-28-30-21)6-15-7-17-9-18(24)3-4-20(17)26-10-15/h3-5,7-11H,6,12H2,1-2H3,(H2,25,29)(H,27,31). The lowest BCUT2D eigenvalue weighted by Crippen LogP contribution is -2.25. The zero-order valence-electron chi connectivity index (χ0n) is 17.2. The van der Waals surface area contributed by atoms with Gasteiger partial charge in [0, 0.05) is 35.3 Å². The summed E-state index contributed by atoms with van der Waals surface area (Å²) in [6.07, 6.45) is 4.04. The molecule has 3 aromatic heterocycles. The van der Waals surface area contributed by atoms with Gasteiger partial charge in [0.25, 0.3) is 5.91 Å². The molecular weight excluding hydrogens is 412 g/mol. The highest BCUT2D eigenvalue weighted by Crippen LogP contribution is 2.20. The molecule has 4 aromatic rings. The minimum atomic E-state index is -0.298. The Bertz CT molecular complexity index is 1270. The van der Waals surface area contributed by atoms with Gasteiger partial charge in [0.1, 0.15) is 5.82 Å². The third kappa shape index (κ3) is 4.78. The van der Waals surface area contributed by atoms with E-state index in [1.807, 2.05) is 44.3 Å². The summed E-state index contributed by atoms with van der Waals surface area (Å²) < 4.78 is 0. The Morgan fingerprint density at radius 2 is 1.90 bits per heavy atom. The van der Waals surface area contributed by atoms with Crippen LogP contribution in [0.25, 0.3) is 10.9 Å². The van der Waals surface area contributed by atoms with E-state index < -0.39 is 0 Å². The van der Waals surface area contributed by atoms with Crippen LogP contribution < -0.4 is 11.1 Å². The van der Waals surface area contributed by atoms with Gasteiger partial charge in [-0.15, -0.1) is 5.10 Å². The van der Waals surface area contributed by atoms with Crippen LogP contribution >= 0.6 is 11.6 Å². The molecule has 0 spiro atoms. The van der Waals surface area contributed by atoms with E-state index in [0.29, 0.717) is 23.8 Å². The number of carbonyl (C=O) groups is 1. The number of fused-ring (bicyclic) bond motifs is 1. The normalized spacial score (nSPS) is 10.9. The van der Waals surface area contributed by atoms with Gasteiger partial charge in [0.05, 0.1) is 11.7 Å². The van der Waals surface area contributed by atoms with Crippen LogP contribution in [0.5, 0.6) is 0 Å². The second kappa shape index (κ2) is 8.65. The Hall–Kier alpha value is -3.58. The predicted octanol–water partition coefficient (Wildman–Crippen LogP) is 3.79. The van der Waals surface area contributed by atoms with Gasteiger partial charge in [-0.25, -0.2) is 4.98 Å². The number of hydrogen-bond acceptors (Lipinski definition) is 6. The van der Waals surface area contributed by atoms with Crippen molar-refractivity contribution in [2.75, 3.05) is 5.73 Å². The SMILES string of the molecule is Cc1cc(N)nc(C)c1CNC(=O)c1cc(Cc2cnc3ccc(Cl)cc3c2)cnn1. The maximum atomic E-state index is 12.6. The molecule has 1 aromatic carbocycles. The molecule has 0 atom stereocenters. The fourth-order valence-corrected chi connectivity index (χ4v) is 3.69. The highest BCUT2D eigenvalue weighted by atomic mass is 35.5. The van der Waals surface area contributed by atoms with Crippen molar-refractivity contribution in [1.29, 1.82) is 0 Å². The van der Waals surface area contributed by atoms with Crippen LogP contribution in [-0.2, 0) is 13.0 Å². The second-order valence-electron chi connectivity index (χ2n) is 7.42. The highest BCUT2D eigenvalue weighted by Gasteiger charge is 2.12.